The summed E-state index contributed by atoms with van der Waals surface area (Å²) in [6.07, 6.45) is -0.562. The van der Waals surface area contributed by atoms with E-state index in [2.05, 4.69) is 31.9 Å². The van der Waals surface area contributed by atoms with Gasteiger partial charge in [0.2, 0.25) is 0 Å². The number of benzene rings is 2. The van der Waals surface area contributed by atoms with Crippen LogP contribution in [0.5, 0.6) is 11.5 Å². The summed E-state index contributed by atoms with van der Waals surface area (Å²) >= 11 is 6.45. The molecule has 2 aromatic carbocycles. The Kier molecular flexibility index (Phi) is 4.60. The third-order valence-electron chi connectivity index (χ3n) is 2.55. The van der Waals surface area contributed by atoms with Gasteiger partial charge in [0, 0.05) is 10.5 Å². The Bertz CT molecular complexity index is 600. The Morgan fingerprint density at radius 1 is 1.05 bits per heavy atom. The number of halogens is 3. The first-order valence-electron chi connectivity index (χ1n) is 5.58. The summed E-state index contributed by atoms with van der Waals surface area (Å²) in [6.45, 7) is 1.69. The molecule has 0 amide bonds. The van der Waals surface area contributed by atoms with Crippen LogP contribution in [-0.4, -0.2) is 5.11 Å². The maximum absolute atomic E-state index is 13.4. The molecule has 0 unspecified atom stereocenters. The summed E-state index contributed by atoms with van der Waals surface area (Å²) in [5.41, 5.74) is 0.773. The zero-order chi connectivity index (χ0) is 14.0. The minimum atomic E-state index is -0.562. The highest BCUT2D eigenvalue weighted by molar-refractivity contribution is 9.10. The summed E-state index contributed by atoms with van der Waals surface area (Å²) in [6, 6.07) is 9.79. The Labute approximate surface area is 127 Å². The van der Waals surface area contributed by atoms with Crippen molar-refractivity contribution in [3.8, 4) is 11.5 Å². The van der Waals surface area contributed by atoms with E-state index in [1.54, 1.807) is 37.3 Å². The van der Waals surface area contributed by atoms with Crippen LogP contribution in [0.4, 0.5) is 4.39 Å². The van der Waals surface area contributed by atoms with Gasteiger partial charge in [-0.2, -0.15) is 0 Å². The van der Waals surface area contributed by atoms with Crippen LogP contribution in [0, 0.1) is 5.82 Å². The Hall–Kier alpha value is -0.910. The maximum atomic E-state index is 13.4. The number of ether oxygens (including phenoxy) is 1. The van der Waals surface area contributed by atoms with E-state index in [1.807, 2.05) is 0 Å². The Morgan fingerprint density at radius 2 is 1.68 bits per heavy atom. The van der Waals surface area contributed by atoms with Crippen LogP contribution in [0.2, 0.25) is 0 Å². The van der Waals surface area contributed by atoms with Gasteiger partial charge >= 0.3 is 0 Å². The van der Waals surface area contributed by atoms with Crippen LogP contribution >= 0.6 is 31.9 Å². The normalized spacial score (nSPS) is 12.3. The fourth-order valence-electron chi connectivity index (χ4n) is 1.59. The van der Waals surface area contributed by atoms with Gasteiger partial charge in [0.05, 0.1) is 10.6 Å². The van der Waals surface area contributed by atoms with E-state index in [9.17, 15) is 9.50 Å². The van der Waals surface area contributed by atoms with Gasteiger partial charge in [0.1, 0.15) is 17.3 Å². The molecular weight excluding hydrogens is 379 g/mol. The highest BCUT2D eigenvalue weighted by Gasteiger charge is 2.08. The second kappa shape index (κ2) is 6.03. The van der Waals surface area contributed by atoms with Crippen LogP contribution < -0.4 is 4.74 Å². The molecule has 0 aliphatic carbocycles. The van der Waals surface area contributed by atoms with Crippen molar-refractivity contribution < 1.29 is 14.2 Å². The van der Waals surface area contributed by atoms with Crippen molar-refractivity contribution in [1.82, 2.24) is 0 Å². The molecule has 0 radical (unpaired) electrons. The molecule has 0 fully saturated rings. The number of rotatable bonds is 3. The van der Waals surface area contributed by atoms with Gasteiger partial charge in [-0.1, -0.05) is 22.0 Å². The van der Waals surface area contributed by atoms with Crippen molar-refractivity contribution in [3.63, 3.8) is 0 Å². The van der Waals surface area contributed by atoms with Crippen molar-refractivity contribution in [2.24, 2.45) is 0 Å². The fourth-order valence-corrected chi connectivity index (χ4v) is 2.52. The molecule has 0 bridgehead atoms. The molecule has 2 rings (SSSR count). The minimum Gasteiger partial charge on any atom is -0.457 e. The average Bonchev–Trinajstić information content (AvgIpc) is 2.33. The van der Waals surface area contributed by atoms with Crippen LogP contribution in [0.15, 0.2) is 45.3 Å². The smallest absolute Gasteiger partial charge is 0.141 e. The van der Waals surface area contributed by atoms with Crippen molar-refractivity contribution in [3.05, 3.63) is 56.7 Å². The van der Waals surface area contributed by atoms with Crippen molar-refractivity contribution >= 4 is 31.9 Å². The average molecular weight is 390 g/mol. The molecule has 0 saturated heterocycles. The summed E-state index contributed by atoms with van der Waals surface area (Å²) < 4.78 is 20.1. The lowest BCUT2D eigenvalue weighted by molar-refractivity contribution is 0.198. The third kappa shape index (κ3) is 3.55. The monoisotopic (exact) mass is 388 g/mol. The van der Waals surface area contributed by atoms with Gasteiger partial charge in [-0.25, -0.2) is 4.39 Å². The molecule has 19 heavy (non-hydrogen) atoms. The summed E-state index contributed by atoms with van der Waals surface area (Å²) in [4.78, 5) is 0. The first-order chi connectivity index (χ1) is 8.97. The predicted molar refractivity (Wildman–Crippen MR) is 78.9 cm³/mol. The van der Waals surface area contributed by atoms with Crippen LogP contribution in [0.3, 0.4) is 0 Å². The summed E-state index contributed by atoms with van der Waals surface area (Å²) in [5.74, 6) is 0.604. The largest absolute Gasteiger partial charge is 0.457 e. The van der Waals surface area contributed by atoms with E-state index < -0.39 is 6.10 Å². The molecule has 0 spiro atoms. The molecule has 0 aromatic heterocycles. The first kappa shape index (κ1) is 14.5. The minimum absolute atomic E-state index is 0.378. The highest BCUT2D eigenvalue weighted by Crippen LogP contribution is 2.31. The summed E-state index contributed by atoms with van der Waals surface area (Å²) in [5, 5.41) is 9.53. The van der Waals surface area contributed by atoms with Crippen LogP contribution in [0.1, 0.15) is 18.6 Å². The lowest BCUT2D eigenvalue weighted by atomic mass is 10.1. The predicted octanol–water partition coefficient (Wildman–Crippen LogP) is 5.20. The second-order valence-electron chi connectivity index (χ2n) is 4.04. The van der Waals surface area contributed by atoms with Gasteiger partial charge < -0.3 is 9.84 Å². The number of hydrogen-bond donors (Lipinski definition) is 1. The van der Waals surface area contributed by atoms with Crippen LogP contribution in [0.25, 0.3) is 0 Å². The SMILES string of the molecule is C[C@@H](O)c1ccc(Oc2ccc(Br)c(F)c2)cc1Br. The van der Waals surface area contributed by atoms with Gasteiger partial charge in [0.25, 0.3) is 0 Å². The van der Waals surface area contributed by atoms with E-state index in [-0.39, 0.29) is 5.82 Å². The zero-order valence-electron chi connectivity index (χ0n) is 10.0. The lowest BCUT2D eigenvalue weighted by Gasteiger charge is -2.11. The zero-order valence-corrected chi connectivity index (χ0v) is 13.2. The number of hydrogen-bond acceptors (Lipinski definition) is 2. The Balaban J connectivity index is 2.24. The number of aliphatic hydroxyl groups is 1. The van der Waals surface area contributed by atoms with Gasteiger partial charge in [0.15, 0.2) is 0 Å². The van der Waals surface area contributed by atoms with Gasteiger partial charge in [-0.3, -0.25) is 0 Å². The van der Waals surface area contributed by atoms with E-state index >= 15 is 0 Å². The molecule has 0 aliphatic rings. The van der Waals surface area contributed by atoms with Crippen molar-refractivity contribution in [1.29, 1.82) is 0 Å². The maximum Gasteiger partial charge on any atom is 0.141 e. The first-order valence-corrected chi connectivity index (χ1v) is 7.16. The molecule has 0 saturated carbocycles. The summed E-state index contributed by atoms with van der Waals surface area (Å²) in [7, 11) is 0. The molecule has 1 atom stereocenters. The number of aliphatic hydroxyl groups excluding tert-OH is 1. The van der Waals surface area contributed by atoms with Gasteiger partial charge in [-0.05, 0) is 52.7 Å². The molecule has 2 nitrogen and oxygen atoms in total. The van der Waals surface area contributed by atoms with E-state index in [0.29, 0.717) is 16.0 Å². The lowest BCUT2D eigenvalue weighted by Crippen LogP contribution is -1.93. The molecule has 5 heteroatoms. The van der Waals surface area contributed by atoms with E-state index in [4.69, 9.17) is 4.74 Å². The topological polar surface area (TPSA) is 29.5 Å². The van der Waals surface area contributed by atoms with Crippen molar-refractivity contribution in [2.45, 2.75) is 13.0 Å². The Morgan fingerprint density at radius 3 is 2.26 bits per heavy atom. The van der Waals surface area contributed by atoms with Crippen molar-refractivity contribution in [2.75, 3.05) is 0 Å². The molecule has 1 N–H and O–H groups in total. The molecule has 0 aliphatic heterocycles. The van der Waals surface area contributed by atoms with E-state index in [1.165, 1.54) is 6.07 Å². The molecule has 2 aromatic rings. The second-order valence-corrected chi connectivity index (χ2v) is 5.75. The molecular formula is C14H11Br2FO2. The van der Waals surface area contributed by atoms with Crippen LogP contribution in [-0.2, 0) is 0 Å². The van der Waals surface area contributed by atoms with Gasteiger partial charge in [-0.15, -0.1) is 0 Å². The highest BCUT2D eigenvalue weighted by atomic mass is 79.9. The van der Waals surface area contributed by atoms with E-state index in [0.717, 1.165) is 10.0 Å². The molecule has 0 heterocycles. The quantitative estimate of drug-likeness (QED) is 0.781. The molecule has 100 valence electrons. The fraction of sp³-hybridized carbons (Fsp3) is 0.143. The third-order valence-corrected chi connectivity index (χ3v) is 3.88. The standard InChI is InChI=1S/C14H11Br2FO2/c1-8(18)11-4-2-9(6-13(11)16)19-10-3-5-12(15)14(17)7-10/h2-8,18H,1H3/t8-/m1/s1.